The van der Waals surface area contributed by atoms with Crippen molar-refractivity contribution in [3.8, 4) is 5.75 Å². The van der Waals surface area contributed by atoms with Crippen LogP contribution in [0.25, 0.3) is 0 Å². The molecule has 5 heteroatoms. The normalized spacial score (nSPS) is 24.8. The molecule has 2 unspecified atom stereocenters. The van der Waals surface area contributed by atoms with Crippen molar-refractivity contribution < 1.29 is 9.53 Å². The monoisotopic (exact) mass is 384 g/mol. The topological polar surface area (TPSA) is 41.6 Å². The van der Waals surface area contributed by atoms with E-state index in [0.29, 0.717) is 24.7 Å². The Labute approximate surface area is 165 Å². The summed E-state index contributed by atoms with van der Waals surface area (Å²) in [6.07, 6.45) is 4.69. The molecule has 4 nitrogen and oxygen atoms in total. The maximum atomic E-state index is 12.6. The van der Waals surface area contributed by atoms with E-state index in [1.165, 1.54) is 35.3 Å². The van der Waals surface area contributed by atoms with Gasteiger partial charge in [0.25, 0.3) is 5.91 Å². The Morgan fingerprint density at radius 2 is 1.81 bits per heavy atom. The number of thiophene rings is 1. The smallest absolute Gasteiger partial charge is 0.261 e. The summed E-state index contributed by atoms with van der Waals surface area (Å²) in [7, 11) is 2.22. The molecule has 0 spiro atoms. The average molecular weight is 385 g/mol. The first-order chi connectivity index (χ1) is 13.0. The number of carbonyl (C=O) groups excluding carboxylic acids is 1. The molecule has 1 amide bonds. The molecule has 4 rings (SSSR count). The van der Waals surface area contributed by atoms with E-state index in [1.54, 1.807) is 0 Å². The summed E-state index contributed by atoms with van der Waals surface area (Å²) in [5.41, 5.74) is 3.44. The van der Waals surface area contributed by atoms with E-state index in [2.05, 4.69) is 37.2 Å². The molecule has 0 saturated carbocycles. The van der Waals surface area contributed by atoms with Crippen LogP contribution in [0.2, 0.25) is 0 Å². The summed E-state index contributed by atoms with van der Waals surface area (Å²) in [4.78, 5) is 15.9. The third-order valence-corrected chi connectivity index (χ3v) is 6.89. The summed E-state index contributed by atoms with van der Waals surface area (Å²) >= 11 is 1.50. The first kappa shape index (κ1) is 18.5. The van der Waals surface area contributed by atoms with E-state index in [4.69, 9.17) is 4.74 Å². The summed E-state index contributed by atoms with van der Waals surface area (Å²) < 4.78 is 5.91. The highest BCUT2D eigenvalue weighted by Crippen LogP contribution is 2.34. The first-order valence-electron chi connectivity index (χ1n) is 9.79. The number of hydrogen-bond donors (Lipinski definition) is 1. The van der Waals surface area contributed by atoms with Crippen molar-refractivity contribution in [3.63, 3.8) is 0 Å². The highest BCUT2D eigenvalue weighted by atomic mass is 32.1. The van der Waals surface area contributed by atoms with E-state index in [9.17, 15) is 4.79 Å². The Kier molecular flexibility index (Phi) is 5.24. The lowest BCUT2D eigenvalue weighted by Crippen LogP contribution is -2.48. The summed E-state index contributed by atoms with van der Waals surface area (Å²) in [6, 6.07) is 9.77. The Hall–Kier alpha value is -1.85. The van der Waals surface area contributed by atoms with Crippen molar-refractivity contribution in [3.05, 3.63) is 51.2 Å². The molecule has 0 aliphatic carbocycles. The number of nitrogens with zero attached hydrogens (tertiary/aromatic N) is 1. The van der Waals surface area contributed by atoms with Gasteiger partial charge in [-0.2, -0.15) is 0 Å². The third kappa shape index (κ3) is 4.19. The van der Waals surface area contributed by atoms with Gasteiger partial charge >= 0.3 is 0 Å². The lowest BCUT2D eigenvalue weighted by atomic mass is 9.98. The Balaban J connectivity index is 1.33. The van der Waals surface area contributed by atoms with Crippen molar-refractivity contribution in [2.24, 2.45) is 0 Å². The number of hydrogen-bond acceptors (Lipinski definition) is 4. The zero-order valence-corrected chi connectivity index (χ0v) is 17.1. The van der Waals surface area contributed by atoms with Gasteiger partial charge < -0.3 is 15.0 Å². The quantitative estimate of drug-likeness (QED) is 0.836. The number of fused-ring (bicyclic) bond motifs is 2. The fourth-order valence-corrected chi connectivity index (χ4v) is 5.34. The molecule has 27 heavy (non-hydrogen) atoms. The average Bonchev–Trinajstić information content (AvgIpc) is 3.15. The molecule has 2 saturated heterocycles. The summed E-state index contributed by atoms with van der Waals surface area (Å²) in [5, 5.41) is 5.29. The van der Waals surface area contributed by atoms with E-state index in [1.807, 2.05) is 23.6 Å². The third-order valence-electron chi connectivity index (χ3n) is 5.91. The Morgan fingerprint density at radius 1 is 1.15 bits per heavy atom. The van der Waals surface area contributed by atoms with Crippen molar-refractivity contribution in [2.45, 2.75) is 64.3 Å². The first-order valence-corrected chi connectivity index (χ1v) is 10.7. The van der Waals surface area contributed by atoms with Crippen molar-refractivity contribution >= 4 is 17.2 Å². The molecular weight excluding hydrogens is 356 g/mol. The minimum Gasteiger partial charge on any atom is -0.489 e. The zero-order valence-electron chi connectivity index (χ0n) is 16.3. The molecule has 2 aliphatic rings. The molecule has 2 aliphatic heterocycles. The summed E-state index contributed by atoms with van der Waals surface area (Å²) in [5.74, 6) is 0.943. The molecule has 1 N–H and O–H groups in total. The van der Waals surface area contributed by atoms with Gasteiger partial charge in [0.15, 0.2) is 0 Å². The second-order valence-electron chi connectivity index (χ2n) is 8.12. The molecule has 2 bridgehead atoms. The van der Waals surface area contributed by atoms with Crippen LogP contribution < -0.4 is 10.1 Å². The molecule has 0 radical (unpaired) electrons. The number of amides is 1. The molecule has 144 valence electrons. The lowest BCUT2D eigenvalue weighted by molar-refractivity contribution is 0.0886. The Bertz CT molecular complexity index is 797. The predicted octanol–water partition coefficient (Wildman–Crippen LogP) is 4.30. The maximum absolute atomic E-state index is 12.6. The van der Waals surface area contributed by atoms with E-state index >= 15 is 0 Å². The number of rotatable bonds is 5. The highest BCUT2D eigenvalue weighted by Gasteiger charge is 2.38. The second kappa shape index (κ2) is 7.64. The van der Waals surface area contributed by atoms with Gasteiger partial charge in [-0.1, -0.05) is 6.07 Å². The standard InChI is InChI=1S/C22H28N2O2S/c1-14-6-15(2)8-20(7-14)26-12-16-9-21(27-13-16)22(25)23-17-10-18-4-5-19(11-17)24(18)3/h6-9,13,17-19H,4-5,10-12H2,1-3H3,(H,23,25). The number of nitrogens with one attached hydrogen (secondary N) is 1. The van der Waals surface area contributed by atoms with Gasteiger partial charge in [-0.05, 0) is 81.3 Å². The largest absolute Gasteiger partial charge is 0.489 e. The van der Waals surface area contributed by atoms with Crippen LogP contribution >= 0.6 is 11.3 Å². The van der Waals surface area contributed by atoms with E-state index in [-0.39, 0.29) is 5.91 Å². The fraction of sp³-hybridized carbons (Fsp3) is 0.500. The van der Waals surface area contributed by atoms with Crippen LogP contribution in [0.15, 0.2) is 29.6 Å². The van der Waals surface area contributed by atoms with Gasteiger partial charge in [0.2, 0.25) is 0 Å². The molecular formula is C22H28N2O2S. The molecule has 2 atom stereocenters. The number of benzene rings is 1. The highest BCUT2D eigenvalue weighted by molar-refractivity contribution is 7.12. The van der Waals surface area contributed by atoms with Crippen LogP contribution in [0.4, 0.5) is 0 Å². The minimum absolute atomic E-state index is 0.0617. The van der Waals surface area contributed by atoms with Gasteiger partial charge in [0.05, 0.1) is 4.88 Å². The van der Waals surface area contributed by atoms with Crippen molar-refractivity contribution in [1.29, 1.82) is 0 Å². The minimum atomic E-state index is 0.0617. The van der Waals surface area contributed by atoms with Crippen molar-refractivity contribution in [2.75, 3.05) is 7.05 Å². The molecule has 3 heterocycles. The van der Waals surface area contributed by atoms with Crippen LogP contribution in [-0.4, -0.2) is 36.0 Å². The second-order valence-corrected chi connectivity index (χ2v) is 9.03. The number of carbonyl (C=O) groups is 1. The van der Waals surface area contributed by atoms with E-state index in [0.717, 1.165) is 29.0 Å². The van der Waals surface area contributed by atoms with Gasteiger partial charge in [0, 0.05) is 23.7 Å². The van der Waals surface area contributed by atoms with Gasteiger partial charge in [-0.25, -0.2) is 0 Å². The van der Waals surface area contributed by atoms with Crippen LogP contribution in [0, 0.1) is 13.8 Å². The Morgan fingerprint density at radius 3 is 2.48 bits per heavy atom. The van der Waals surface area contributed by atoms with Gasteiger partial charge in [-0.3, -0.25) is 4.79 Å². The van der Waals surface area contributed by atoms with Crippen LogP contribution in [0.1, 0.15) is 52.0 Å². The zero-order chi connectivity index (χ0) is 19.0. The number of aryl methyl sites for hydroxylation is 2. The van der Waals surface area contributed by atoms with Gasteiger partial charge in [-0.15, -0.1) is 11.3 Å². The lowest BCUT2D eigenvalue weighted by Gasteiger charge is -2.36. The van der Waals surface area contributed by atoms with Crippen LogP contribution in [-0.2, 0) is 6.61 Å². The maximum Gasteiger partial charge on any atom is 0.261 e. The molecule has 2 fully saturated rings. The van der Waals surface area contributed by atoms with Crippen molar-refractivity contribution in [1.82, 2.24) is 10.2 Å². The fourth-order valence-electron chi connectivity index (χ4n) is 4.54. The molecule has 1 aromatic heterocycles. The molecule has 2 aromatic rings. The predicted molar refractivity (Wildman–Crippen MR) is 110 cm³/mol. The number of ether oxygens (including phenoxy) is 1. The van der Waals surface area contributed by atoms with Gasteiger partial charge in [0.1, 0.15) is 12.4 Å². The van der Waals surface area contributed by atoms with Crippen LogP contribution in [0.3, 0.4) is 0 Å². The molecule has 1 aromatic carbocycles. The SMILES string of the molecule is Cc1cc(C)cc(OCc2csc(C(=O)NC3CC4CCC(C3)N4C)c2)c1. The number of piperidine rings is 1. The summed E-state index contributed by atoms with van der Waals surface area (Å²) in [6.45, 7) is 4.63. The van der Waals surface area contributed by atoms with Crippen LogP contribution in [0.5, 0.6) is 5.75 Å². The van der Waals surface area contributed by atoms with E-state index < -0.39 is 0 Å².